The molecule has 0 radical (unpaired) electrons. The van der Waals surface area contributed by atoms with Crippen molar-refractivity contribution in [2.45, 2.75) is 58.0 Å². The van der Waals surface area contributed by atoms with Crippen LogP contribution in [0, 0.1) is 11.8 Å². The lowest BCUT2D eigenvalue weighted by Gasteiger charge is -2.26. The summed E-state index contributed by atoms with van der Waals surface area (Å²) < 4.78 is 0. The molecule has 0 aromatic heterocycles. The fourth-order valence-corrected chi connectivity index (χ4v) is 2.44. The van der Waals surface area contributed by atoms with Crippen molar-refractivity contribution in [1.29, 1.82) is 0 Å². The van der Waals surface area contributed by atoms with Crippen molar-refractivity contribution >= 4 is 0 Å². The molecule has 0 aromatic rings. The SMILES string of the molecule is CC#CCCC1(O)CCCN(CCC)CC1. The molecular formula is C14H25NO. The first kappa shape index (κ1) is 13.5. The molecule has 92 valence electrons. The van der Waals surface area contributed by atoms with E-state index in [1.165, 1.54) is 13.0 Å². The molecule has 0 spiro atoms. The monoisotopic (exact) mass is 223 g/mol. The molecule has 1 N–H and O–H groups in total. The van der Waals surface area contributed by atoms with Crippen molar-refractivity contribution in [2.24, 2.45) is 0 Å². The molecule has 0 aromatic carbocycles. The van der Waals surface area contributed by atoms with E-state index in [1.54, 1.807) is 0 Å². The van der Waals surface area contributed by atoms with Crippen molar-refractivity contribution in [1.82, 2.24) is 4.90 Å². The minimum Gasteiger partial charge on any atom is -0.390 e. The maximum Gasteiger partial charge on any atom is 0.0669 e. The van der Waals surface area contributed by atoms with Gasteiger partial charge in [-0.15, -0.1) is 11.8 Å². The molecule has 1 saturated heterocycles. The summed E-state index contributed by atoms with van der Waals surface area (Å²) in [6.45, 7) is 7.44. The fraction of sp³-hybridized carbons (Fsp3) is 0.857. The largest absolute Gasteiger partial charge is 0.390 e. The second kappa shape index (κ2) is 6.93. The Balaban J connectivity index is 2.39. The summed E-state index contributed by atoms with van der Waals surface area (Å²) in [5.74, 6) is 5.95. The van der Waals surface area contributed by atoms with Gasteiger partial charge in [0.1, 0.15) is 0 Å². The molecule has 1 heterocycles. The van der Waals surface area contributed by atoms with Crippen LogP contribution in [0.4, 0.5) is 0 Å². The second-order valence-electron chi connectivity index (χ2n) is 4.85. The van der Waals surface area contributed by atoms with Crippen molar-refractivity contribution in [2.75, 3.05) is 19.6 Å². The number of hydrogen-bond acceptors (Lipinski definition) is 2. The zero-order chi connectivity index (χ0) is 11.9. The van der Waals surface area contributed by atoms with E-state index in [-0.39, 0.29) is 0 Å². The van der Waals surface area contributed by atoms with Gasteiger partial charge in [0.25, 0.3) is 0 Å². The van der Waals surface area contributed by atoms with Crippen LogP contribution in [0.3, 0.4) is 0 Å². The zero-order valence-electron chi connectivity index (χ0n) is 10.8. The summed E-state index contributed by atoms with van der Waals surface area (Å²) in [7, 11) is 0. The van der Waals surface area contributed by atoms with E-state index in [2.05, 4.69) is 23.7 Å². The molecule has 1 rings (SSSR count). The van der Waals surface area contributed by atoms with Crippen molar-refractivity contribution in [3.05, 3.63) is 0 Å². The highest BCUT2D eigenvalue weighted by molar-refractivity contribution is 4.97. The van der Waals surface area contributed by atoms with Gasteiger partial charge in [0.15, 0.2) is 0 Å². The van der Waals surface area contributed by atoms with Gasteiger partial charge in [-0.25, -0.2) is 0 Å². The van der Waals surface area contributed by atoms with Gasteiger partial charge in [-0.1, -0.05) is 6.92 Å². The van der Waals surface area contributed by atoms with Gasteiger partial charge >= 0.3 is 0 Å². The number of hydrogen-bond donors (Lipinski definition) is 1. The average molecular weight is 223 g/mol. The maximum absolute atomic E-state index is 10.5. The van der Waals surface area contributed by atoms with Crippen LogP contribution in [0.25, 0.3) is 0 Å². The lowest BCUT2D eigenvalue weighted by atomic mass is 9.90. The molecule has 0 aliphatic carbocycles. The summed E-state index contributed by atoms with van der Waals surface area (Å²) in [4.78, 5) is 2.48. The van der Waals surface area contributed by atoms with Gasteiger partial charge in [-0.2, -0.15) is 0 Å². The molecule has 2 heteroatoms. The van der Waals surface area contributed by atoms with Gasteiger partial charge in [-0.3, -0.25) is 0 Å². The van der Waals surface area contributed by atoms with E-state index in [1.807, 2.05) is 6.92 Å². The molecule has 16 heavy (non-hydrogen) atoms. The smallest absolute Gasteiger partial charge is 0.0669 e. The average Bonchev–Trinajstić information content (AvgIpc) is 2.43. The Bertz CT molecular complexity index is 253. The lowest BCUT2D eigenvalue weighted by Crippen LogP contribution is -2.31. The number of rotatable bonds is 4. The minimum atomic E-state index is -0.452. The van der Waals surface area contributed by atoms with Gasteiger partial charge in [0.2, 0.25) is 0 Å². The summed E-state index contributed by atoms with van der Waals surface area (Å²) >= 11 is 0. The molecule has 1 aliphatic rings. The molecule has 0 amide bonds. The van der Waals surface area contributed by atoms with Crippen LogP contribution in [0.5, 0.6) is 0 Å². The minimum absolute atomic E-state index is 0.452. The Morgan fingerprint density at radius 3 is 2.81 bits per heavy atom. The predicted molar refractivity (Wildman–Crippen MR) is 68.2 cm³/mol. The first-order valence-electron chi connectivity index (χ1n) is 6.54. The summed E-state index contributed by atoms with van der Waals surface area (Å²) in [6.07, 6.45) is 5.86. The molecule has 0 saturated carbocycles. The second-order valence-corrected chi connectivity index (χ2v) is 4.85. The molecule has 1 aliphatic heterocycles. The first-order chi connectivity index (χ1) is 7.70. The van der Waals surface area contributed by atoms with E-state index in [4.69, 9.17) is 0 Å². The van der Waals surface area contributed by atoms with Crippen LogP contribution in [0.1, 0.15) is 52.4 Å². The Kier molecular flexibility index (Phi) is 5.87. The molecule has 0 bridgehead atoms. The molecule has 1 fully saturated rings. The van der Waals surface area contributed by atoms with Gasteiger partial charge < -0.3 is 10.0 Å². The Morgan fingerprint density at radius 1 is 1.31 bits per heavy atom. The number of aliphatic hydroxyl groups is 1. The Morgan fingerprint density at radius 2 is 2.12 bits per heavy atom. The van der Waals surface area contributed by atoms with Crippen LogP contribution in [-0.4, -0.2) is 35.2 Å². The van der Waals surface area contributed by atoms with Crippen LogP contribution >= 0.6 is 0 Å². The third-order valence-corrected chi connectivity index (χ3v) is 3.44. The van der Waals surface area contributed by atoms with Crippen molar-refractivity contribution < 1.29 is 5.11 Å². The summed E-state index contributed by atoms with van der Waals surface area (Å²) in [6, 6.07) is 0. The lowest BCUT2D eigenvalue weighted by molar-refractivity contribution is 0.0184. The predicted octanol–water partition coefficient (Wildman–Crippen LogP) is 2.42. The summed E-state index contributed by atoms with van der Waals surface area (Å²) in [5.41, 5.74) is -0.452. The van der Waals surface area contributed by atoms with Crippen LogP contribution in [-0.2, 0) is 0 Å². The first-order valence-corrected chi connectivity index (χ1v) is 6.54. The van der Waals surface area contributed by atoms with Crippen LogP contribution < -0.4 is 0 Å². The van der Waals surface area contributed by atoms with E-state index in [0.717, 1.165) is 45.2 Å². The normalized spacial score (nSPS) is 26.9. The van der Waals surface area contributed by atoms with E-state index in [9.17, 15) is 5.11 Å². The van der Waals surface area contributed by atoms with Gasteiger partial charge in [-0.05, 0) is 52.1 Å². The highest BCUT2D eigenvalue weighted by Crippen LogP contribution is 2.26. The Hall–Kier alpha value is -0.520. The van der Waals surface area contributed by atoms with Crippen molar-refractivity contribution in [3.63, 3.8) is 0 Å². The van der Waals surface area contributed by atoms with Gasteiger partial charge in [0, 0.05) is 13.0 Å². The highest BCUT2D eigenvalue weighted by Gasteiger charge is 2.28. The number of nitrogens with zero attached hydrogens (tertiary/aromatic N) is 1. The third kappa shape index (κ3) is 4.55. The number of likely N-dealkylation sites (tertiary alicyclic amines) is 1. The fourth-order valence-electron chi connectivity index (χ4n) is 2.44. The van der Waals surface area contributed by atoms with Gasteiger partial charge in [0.05, 0.1) is 5.60 Å². The molecule has 1 unspecified atom stereocenters. The maximum atomic E-state index is 10.5. The van der Waals surface area contributed by atoms with E-state index >= 15 is 0 Å². The van der Waals surface area contributed by atoms with E-state index < -0.39 is 5.60 Å². The van der Waals surface area contributed by atoms with E-state index in [0.29, 0.717) is 0 Å². The molecular weight excluding hydrogens is 198 g/mol. The third-order valence-electron chi connectivity index (χ3n) is 3.44. The van der Waals surface area contributed by atoms with Crippen LogP contribution in [0.2, 0.25) is 0 Å². The van der Waals surface area contributed by atoms with Crippen molar-refractivity contribution in [3.8, 4) is 11.8 Å². The molecule has 2 nitrogen and oxygen atoms in total. The van der Waals surface area contributed by atoms with Crippen LogP contribution in [0.15, 0.2) is 0 Å². The highest BCUT2D eigenvalue weighted by atomic mass is 16.3. The zero-order valence-corrected chi connectivity index (χ0v) is 10.8. The topological polar surface area (TPSA) is 23.5 Å². The summed E-state index contributed by atoms with van der Waals surface area (Å²) in [5, 5.41) is 10.5. The Labute approximate surface area is 100 Å². The molecule has 1 atom stereocenters. The standard InChI is InChI=1S/C14H25NO/c1-3-5-6-8-14(16)9-7-12-15(11-4-2)13-10-14/h16H,4,6-13H2,1-2H3. The quantitative estimate of drug-likeness (QED) is 0.740.